The first-order valence-corrected chi connectivity index (χ1v) is 11.6. The van der Waals surface area contributed by atoms with Crippen molar-refractivity contribution < 1.29 is 19.0 Å². The molecule has 0 aliphatic carbocycles. The van der Waals surface area contributed by atoms with Crippen molar-refractivity contribution in [3.05, 3.63) is 59.9 Å². The number of fused-ring (bicyclic) bond motifs is 3. The molecule has 9 nitrogen and oxygen atoms in total. The van der Waals surface area contributed by atoms with Gasteiger partial charge in [-0.2, -0.15) is 0 Å². The minimum Gasteiger partial charge on any atom is -0.482 e. The van der Waals surface area contributed by atoms with Gasteiger partial charge >= 0.3 is 5.97 Å². The number of aromatic nitrogens is 3. The van der Waals surface area contributed by atoms with Gasteiger partial charge in [0.25, 0.3) is 0 Å². The second-order valence-corrected chi connectivity index (χ2v) is 8.14. The van der Waals surface area contributed by atoms with Gasteiger partial charge in [0.15, 0.2) is 12.4 Å². The second kappa shape index (κ2) is 11.6. The Balaban J connectivity index is 1.46. The molecule has 0 unspecified atom stereocenters. The van der Waals surface area contributed by atoms with Gasteiger partial charge in [0.2, 0.25) is 0 Å². The third-order valence-electron chi connectivity index (χ3n) is 5.82. The van der Waals surface area contributed by atoms with Gasteiger partial charge in [0.1, 0.15) is 17.1 Å². The van der Waals surface area contributed by atoms with Crippen LogP contribution in [0.2, 0.25) is 0 Å². The molecule has 0 saturated carbocycles. The van der Waals surface area contributed by atoms with Crippen molar-refractivity contribution in [3.8, 4) is 5.75 Å². The Labute approximate surface area is 204 Å². The number of methoxy groups -OCH3 is 2. The van der Waals surface area contributed by atoms with Crippen LogP contribution in [0.1, 0.15) is 17.8 Å². The van der Waals surface area contributed by atoms with E-state index < -0.39 is 5.97 Å². The van der Waals surface area contributed by atoms with E-state index in [4.69, 9.17) is 20.2 Å². The molecule has 2 aromatic carbocycles. The number of hydrogen-bond donors (Lipinski definition) is 2. The third-order valence-corrected chi connectivity index (χ3v) is 5.82. The lowest BCUT2D eigenvalue weighted by Gasteiger charge is -2.13. The highest BCUT2D eigenvalue weighted by Crippen LogP contribution is 2.29. The first-order chi connectivity index (χ1) is 17.1. The van der Waals surface area contributed by atoms with Crippen LogP contribution >= 0.6 is 0 Å². The molecular formula is C26H31N5O4. The molecule has 2 heterocycles. The molecule has 4 rings (SSSR count). The Morgan fingerprint density at radius 3 is 2.71 bits per heavy atom. The van der Waals surface area contributed by atoms with Crippen LogP contribution in [0.3, 0.4) is 0 Å². The summed E-state index contributed by atoms with van der Waals surface area (Å²) in [5, 5.41) is 4.51. The van der Waals surface area contributed by atoms with Gasteiger partial charge in [-0.25, -0.2) is 14.8 Å². The van der Waals surface area contributed by atoms with Crippen LogP contribution in [-0.4, -0.2) is 54.5 Å². The number of carbonyl (C=O) groups excluding carboxylic acids is 1. The highest BCUT2D eigenvalue weighted by atomic mass is 16.6. The van der Waals surface area contributed by atoms with E-state index in [0.717, 1.165) is 52.8 Å². The highest BCUT2D eigenvalue weighted by molar-refractivity contribution is 6.06. The molecule has 4 aromatic rings. The summed E-state index contributed by atoms with van der Waals surface area (Å²) >= 11 is 0. The average Bonchev–Trinajstić information content (AvgIpc) is 3.25. The van der Waals surface area contributed by atoms with Crippen molar-refractivity contribution in [2.45, 2.75) is 25.9 Å². The van der Waals surface area contributed by atoms with Crippen molar-refractivity contribution in [2.75, 3.05) is 39.7 Å². The molecule has 0 bridgehead atoms. The Morgan fingerprint density at radius 2 is 1.89 bits per heavy atom. The summed E-state index contributed by atoms with van der Waals surface area (Å²) in [4.78, 5) is 20.8. The molecule has 184 valence electrons. The molecule has 0 radical (unpaired) electrons. The summed E-state index contributed by atoms with van der Waals surface area (Å²) in [6.45, 7) is 2.65. The van der Waals surface area contributed by atoms with Gasteiger partial charge in [-0.3, -0.25) is 0 Å². The molecule has 0 saturated heterocycles. The maximum atomic E-state index is 11.4. The monoisotopic (exact) mass is 477 g/mol. The average molecular weight is 478 g/mol. The van der Waals surface area contributed by atoms with Crippen LogP contribution in [0, 0.1) is 0 Å². The van der Waals surface area contributed by atoms with E-state index in [1.807, 2.05) is 42.5 Å². The van der Waals surface area contributed by atoms with E-state index in [0.29, 0.717) is 31.1 Å². The van der Waals surface area contributed by atoms with Gasteiger partial charge < -0.3 is 29.8 Å². The largest absolute Gasteiger partial charge is 0.482 e. The van der Waals surface area contributed by atoms with Crippen molar-refractivity contribution in [2.24, 2.45) is 0 Å². The van der Waals surface area contributed by atoms with Gasteiger partial charge in [0.05, 0.1) is 24.8 Å². The number of pyridine rings is 1. The van der Waals surface area contributed by atoms with E-state index in [2.05, 4.69) is 25.7 Å². The Morgan fingerprint density at radius 1 is 1.09 bits per heavy atom. The number of esters is 1. The number of benzene rings is 2. The normalized spacial score (nSPS) is 11.3. The fourth-order valence-electron chi connectivity index (χ4n) is 4.10. The predicted molar refractivity (Wildman–Crippen MR) is 135 cm³/mol. The van der Waals surface area contributed by atoms with E-state index in [1.165, 1.54) is 7.11 Å². The van der Waals surface area contributed by atoms with Crippen LogP contribution in [-0.2, 0) is 33.8 Å². The SMILES string of the molecule is COCCc1nc2c(N)nc3ccccc3c2n1CCCNCc1ccccc1OCC(=O)OC. The number of nitrogens with zero attached hydrogens (tertiary/aromatic N) is 3. The Kier molecular flexibility index (Phi) is 8.12. The zero-order valence-electron chi connectivity index (χ0n) is 20.1. The number of nitrogen functional groups attached to an aromatic ring is 1. The van der Waals surface area contributed by atoms with Crippen LogP contribution in [0.25, 0.3) is 21.9 Å². The zero-order valence-corrected chi connectivity index (χ0v) is 20.1. The van der Waals surface area contributed by atoms with Crippen molar-refractivity contribution >= 4 is 33.7 Å². The second-order valence-electron chi connectivity index (χ2n) is 8.14. The number of nitrogens with one attached hydrogen (secondary N) is 1. The first kappa shape index (κ1) is 24.4. The number of carbonyl (C=O) groups is 1. The molecule has 35 heavy (non-hydrogen) atoms. The number of ether oxygens (including phenoxy) is 3. The molecule has 9 heteroatoms. The number of para-hydroxylation sites is 2. The van der Waals surface area contributed by atoms with Crippen LogP contribution < -0.4 is 15.8 Å². The lowest BCUT2D eigenvalue weighted by atomic mass is 10.2. The number of anilines is 1. The van der Waals surface area contributed by atoms with Crippen LogP contribution in [0.15, 0.2) is 48.5 Å². The molecule has 0 amide bonds. The van der Waals surface area contributed by atoms with Crippen molar-refractivity contribution in [1.29, 1.82) is 0 Å². The summed E-state index contributed by atoms with van der Waals surface area (Å²) in [5.74, 6) is 1.64. The molecular weight excluding hydrogens is 446 g/mol. The Bertz CT molecular complexity index is 1300. The van der Waals surface area contributed by atoms with Crippen LogP contribution in [0.4, 0.5) is 5.82 Å². The summed E-state index contributed by atoms with van der Waals surface area (Å²) in [6, 6.07) is 15.7. The number of rotatable bonds is 12. The van der Waals surface area contributed by atoms with Gasteiger partial charge in [-0.15, -0.1) is 0 Å². The van der Waals surface area contributed by atoms with E-state index in [-0.39, 0.29) is 6.61 Å². The van der Waals surface area contributed by atoms with Crippen molar-refractivity contribution in [3.63, 3.8) is 0 Å². The van der Waals surface area contributed by atoms with Gasteiger partial charge in [-0.1, -0.05) is 36.4 Å². The predicted octanol–water partition coefficient (Wildman–Crippen LogP) is 3.09. The number of hydrogen-bond acceptors (Lipinski definition) is 8. The molecule has 0 fully saturated rings. The molecule has 0 spiro atoms. The standard InChI is InChI=1S/C26H31N5O4/c1-33-15-12-22-30-24-25(19-9-4-5-10-20(19)29-26(24)27)31(22)14-7-13-28-16-18-8-3-6-11-21(18)35-17-23(32)34-2/h3-6,8-11,28H,7,12-17H2,1-2H3,(H2,27,29). The van der Waals surface area contributed by atoms with Crippen LogP contribution in [0.5, 0.6) is 5.75 Å². The maximum absolute atomic E-state index is 11.4. The topological polar surface area (TPSA) is 114 Å². The number of imidazole rings is 1. The van der Waals surface area contributed by atoms with E-state index >= 15 is 0 Å². The maximum Gasteiger partial charge on any atom is 0.343 e. The molecule has 3 N–H and O–H groups in total. The summed E-state index contributed by atoms with van der Waals surface area (Å²) in [5.41, 5.74) is 9.86. The first-order valence-electron chi connectivity index (χ1n) is 11.6. The lowest BCUT2D eigenvalue weighted by molar-refractivity contribution is -0.142. The minimum atomic E-state index is -0.409. The van der Waals surface area contributed by atoms with E-state index in [9.17, 15) is 4.79 Å². The fourth-order valence-corrected chi connectivity index (χ4v) is 4.10. The molecule has 0 aliphatic heterocycles. The molecule has 2 aromatic heterocycles. The van der Waals surface area contributed by atoms with Gasteiger partial charge in [-0.05, 0) is 25.1 Å². The van der Waals surface area contributed by atoms with Gasteiger partial charge in [0, 0.05) is 37.6 Å². The zero-order chi connectivity index (χ0) is 24.6. The van der Waals surface area contributed by atoms with E-state index in [1.54, 1.807) is 7.11 Å². The summed E-state index contributed by atoms with van der Waals surface area (Å²) in [7, 11) is 3.03. The molecule has 0 atom stereocenters. The minimum absolute atomic E-state index is 0.114. The number of aryl methyl sites for hydroxylation is 1. The lowest BCUT2D eigenvalue weighted by Crippen LogP contribution is -2.19. The summed E-state index contributed by atoms with van der Waals surface area (Å²) in [6.07, 6.45) is 1.57. The summed E-state index contributed by atoms with van der Waals surface area (Å²) < 4.78 is 17.8. The molecule has 0 aliphatic rings. The quantitative estimate of drug-likeness (QED) is 0.236. The highest BCUT2D eigenvalue weighted by Gasteiger charge is 2.17. The van der Waals surface area contributed by atoms with Crippen molar-refractivity contribution in [1.82, 2.24) is 19.9 Å². The fraction of sp³-hybridized carbons (Fsp3) is 0.346. The smallest absolute Gasteiger partial charge is 0.343 e. The number of nitrogens with two attached hydrogens (primary N) is 1. The third kappa shape index (κ3) is 5.70. The Hall–Kier alpha value is -3.69.